The Hall–Kier alpha value is -3.53. The quantitative estimate of drug-likeness (QED) is 0.336. The minimum atomic E-state index is -4.51. The van der Waals surface area contributed by atoms with E-state index in [9.17, 15) is 27.9 Å². The van der Waals surface area contributed by atoms with Crippen LogP contribution in [0.2, 0.25) is 0 Å². The Morgan fingerprint density at radius 2 is 1.89 bits per heavy atom. The molecule has 1 saturated carbocycles. The first-order valence-electron chi connectivity index (χ1n) is 15.2. The molecule has 1 N–H and O–H groups in total. The first-order valence-corrected chi connectivity index (χ1v) is 15.6. The maximum atomic E-state index is 13.4. The standard InChI is InChI=1S/C33H35ClF3N3O4/c1-19-30(23-4-2-5-24(16-23)33(35,36)37)44-32(43)40(19)18-28-25(11-13-29(38-28)39-14-3-15-39)26-17-22(10-12-27(26)34)20-6-8-21(9-7-20)31(41)42/h2,4-5,11-13,16-17,19-22,30H,3,6-10,14-15,18H2,1H3,(H,41,42)/t19-,20?,21?,22?,30-/m0/s1. The van der Waals surface area contributed by atoms with Gasteiger partial charge in [0.05, 0.1) is 29.8 Å². The number of halogens is 4. The number of carbonyl (C=O) groups excluding carboxylic acids is 1. The number of ether oxygens (including phenoxy) is 1. The fraction of sp³-hybridized carbons (Fsp3) is 0.485. The van der Waals surface area contributed by atoms with Crippen molar-refractivity contribution in [1.82, 2.24) is 9.88 Å². The molecule has 3 heterocycles. The smallest absolute Gasteiger partial charge is 0.416 e. The van der Waals surface area contributed by atoms with E-state index in [0.29, 0.717) is 29.5 Å². The molecule has 0 bridgehead atoms. The van der Waals surface area contributed by atoms with Crippen molar-refractivity contribution in [2.45, 2.75) is 70.3 Å². The minimum Gasteiger partial charge on any atom is -0.481 e. The number of carboxylic acid groups (broad SMARTS) is 1. The van der Waals surface area contributed by atoms with Crippen molar-refractivity contribution >= 4 is 35.1 Å². The van der Waals surface area contributed by atoms with Crippen molar-refractivity contribution in [3.05, 3.63) is 76.0 Å². The Balaban J connectivity index is 1.29. The zero-order valence-electron chi connectivity index (χ0n) is 24.4. The maximum Gasteiger partial charge on any atom is 0.416 e. The molecule has 0 radical (unpaired) electrons. The van der Waals surface area contributed by atoms with E-state index < -0.39 is 35.9 Å². The number of alkyl halides is 3. The van der Waals surface area contributed by atoms with Crippen LogP contribution < -0.4 is 4.90 Å². The van der Waals surface area contributed by atoms with Crippen LogP contribution in [0.15, 0.2) is 53.6 Å². The molecule has 7 nitrogen and oxygen atoms in total. The summed E-state index contributed by atoms with van der Waals surface area (Å²) < 4.78 is 45.8. The molecule has 2 aliphatic carbocycles. The van der Waals surface area contributed by atoms with Crippen LogP contribution in [-0.2, 0) is 22.3 Å². The maximum absolute atomic E-state index is 13.4. The molecule has 11 heteroatoms. The van der Waals surface area contributed by atoms with Gasteiger partial charge in [0.1, 0.15) is 11.9 Å². The van der Waals surface area contributed by atoms with Crippen molar-refractivity contribution in [3.63, 3.8) is 0 Å². The number of cyclic esters (lactones) is 1. The van der Waals surface area contributed by atoms with E-state index in [0.717, 1.165) is 67.9 Å². The number of amides is 1. The number of carbonyl (C=O) groups is 2. The van der Waals surface area contributed by atoms with Gasteiger partial charge in [0.25, 0.3) is 0 Å². The van der Waals surface area contributed by atoms with Gasteiger partial charge < -0.3 is 14.7 Å². The highest BCUT2D eigenvalue weighted by Crippen LogP contribution is 2.43. The lowest BCUT2D eigenvalue weighted by Crippen LogP contribution is -2.38. The minimum absolute atomic E-state index is 0.0996. The largest absolute Gasteiger partial charge is 0.481 e. The van der Waals surface area contributed by atoms with Crippen LogP contribution in [0.3, 0.4) is 0 Å². The van der Waals surface area contributed by atoms with Gasteiger partial charge in [-0.2, -0.15) is 13.2 Å². The Bertz CT molecular complexity index is 1500. The molecule has 1 amide bonds. The number of allylic oxidation sites excluding steroid dienone is 4. The number of hydrogen-bond acceptors (Lipinski definition) is 5. The van der Waals surface area contributed by atoms with E-state index >= 15 is 0 Å². The number of aliphatic carboxylic acids is 1. The first kappa shape index (κ1) is 30.5. The Morgan fingerprint density at radius 3 is 2.55 bits per heavy atom. The van der Waals surface area contributed by atoms with E-state index in [4.69, 9.17) is 21.3 Å². The fourth-order valence-corrected chi connectivity index (χ4v) is 7.10. The zero-order chi connectivity index (χ0) is 31.2. The average Bonchev–Trinajstić information content (AvgIpc) is 3.25. The van der Waals surface area contributed by atoms with Crippen LogP contribution in [0.25, 0.3) is 5.57 Å². The van der Waals surface area contributed by atoms with Gasteiger partial charge in [0.15, 0.2) is 0 Å². The molecule has 1 aromatic carbocycles. The molecule has 3 atom stereocenters. The van der Waals surface area contributed by atoms with Gasteiger partial charge >= 0.3 is 18.2 Å². The fourth-order valence-electron chi connectivity index (χ4n) is 6.84. The van der Waals surface area contributed by atoms with Crippen molar-refractivity contribution < 1.29 is 32.6 Å². The van der Waals surface area contributed by atoms with Gasteiger partial charge in [-0.1, -0.05) is 35.9 Å². The van der Waals surface area contributed by atoms with Crippen LogP contribution in [-0.4, -0.2) is 46.2 Å². The van der Waals surface area contributed by atoms with E-state index in [1.54, 1.807) is 13.0 Å². The van der Waals surface area contributed by atoms with Crippen LogP contribution in [0, 0.1) is 17.8 Å². The number of anilines is 1. The topological polar surface area (TPSA) is 83.0 Å². The number of nitrogens with zero attached hydrogens (tertiary/aromatic N) is 3. The molecular formula is C33H35ClF3N3O4. The van der Waals surface area contributed by atoms with E-state index in [-0.39, 0.29) is 23.9 Å². The van der Waals surface area contributed by atoms with Gasteiger partial charge in [-0.15, -0.1) is 0 Å². The molecule has 2 saturated heterocycles. The van der Waals surface area contributed by atoms with Gasteiger partial charge in [0, 0.05) is 23.7 Å². The van der Waals surface area contributed by atoms with Gasteiger partial charge in [0.2, 0.25) is 0 Å². The predicted octanol–water partition coefficient (Wildman–Crippen LogP) is 7.81. The number of rotatable bonds is 7. The Labute approximate surface area is 259 Å². The summed E-state index contributed by atoms with van der Waals surface area (Å²) in [6, 6.07) is 8.31. The van der Waals surface area contributed by atoms with Crippen molar-refractivity contribution in [3.8, 4) is 0 Å². The summed E-state index contributed by atoms with van der Waals surface area (Å²) in [5.41, 5.74) is 1.75. The van der Waals surface area contributed by atoms with E-state index in [2.05, 4.69) is 11.0 Å². The third-order valence-corrected chi connectivity index (χ3v) is 9.98. The second-order valence-electron chi connectivity index (χ2n) is 12.3. The lowest BCUT2D eigenvalue weighted by atomic mass is 9.73. The molecule has 2 aromatic rings. The number of benzene rings is 1. The molecule has 6 rings (SSSR count). The number of aromatic nitrogens is 1. The van der Waals surface area contributed by atoms with Crippen LogP contribution >= 0.6 is 11.6 Å². The van der Waals surface area contributed by atoms with Crippen molar-refractivity contribution in [2.24, 2.45) is 17.8 Å². The lowest BCUT2D eigenvalue weighted by molar-refractivity contribution is -0.143. The van der Waals surface area contributed by atoms with Crippen LogP contribution in [0.4, 0.5) is 23.8 Å². The predicted molar refractivity (Wildman–Crippen MR) is 160 cm³/mol. The van der Waals surface area contributed by atoms with Gasteiger partial charge in [-0.25, -0.2) is 9.78 Å². The summed E-state index contributed by atoms with van der Waals surface area (Å²) in [5.74, 6) is 0.328. The lowest BCUT2D eigenvalue weighted by Gasteiger charge is -2.34. The van der Waals surface area contributed by atoms with Crippen molar-refractivity contribution in [1.29, 1.82) is 0 Å². The van der Waals surface area contributed by atoms with E-state index in [1.807, 2.05) is 18.2 Å². The normalized spacial score (nSPS) is 27.4. The number of hydrogen-bond donors (Lipinski definition) is 1. The van der Waals surface area contributed by atoms with Crippen LogP contribution in [0.5, 0.6) is 0 Å². The second-order valence-corrected chi connectivity index (χ2v) is 12.7. The molecular weight excluding hydrogens is 595 g/mol. The molecule has 44 heavy (non-hydrogen) atoms. The number of carboxylic acids is 1. The highest BCUT2D eigenvalue weighted by atomic mass is 35.5. The molecule has 234 valence electrons. The molecule has 0 spiro atoms. The van der Waals surface area contributed by atoms with Crippen molar-refractivity contribution in [2.75, 3.05) is 18.0 Å². The third-order valence-electron chi connectivity index (χ3n) is 9.62. The summed E-state index contributed by atoms with van der Waals surface area (Å²) in [6.07, 6.45) is 3.03. The van der Waals surface area contributed by atoms with Crippen LogP contribution in [0.1, 0.15) is 73.9 Å². The molecule has 3 fully saturated rings. The van der Waals surface area contributed by atoms with Gasteiger partial charge in [-0.05, 0) is 92.7 Å². The summed E-state index contributed by atoms with van der Waals surface area (Å²) in [7, 11) is 0. The first-order chi connectivity index (χ1) is 21.0. The molecule has 2 aliphatic heterocycles. The summed E-state index contributed by atoms with van der Waals surface area (Å²) in [4.78, 5) is 33.3. The zero-order valence-corrected chi connectivity index (χ0v) is 25.2. The Kier molecular flexibility index (Phi) is 8.39. The Morgan fingerprint density at radius 1 is 1.14 bits per heavy atom. The van der Waals surface area contributed by atoms with Gasteiger partial charge in [-0.3, -0.25) is 9.69 Å². The monoisotopic (exact) mass is 629 g/mol. The summed E-state index contributed by atoms with van der Waals surface area (Å²) in [5, 5.41) is 10.0. The molecule has 1 aromatic heterocycles. The average molecular weight is 630 g/mol. The molecule has 1 unspecified atom stereocenters. The highest BCUT2D eigenvalue weighted by molar-refractivity contribution is 6.37. The highest BCUT2D eigenvalue weighted by Gasteiger charge is 2.42. The summed E-state index contributed by atoms with van der Waals surface area (Å²) in [6.45, 7) is 3.64. The molecule has 4 aliphatic rings. The number of pyridine rings is 1. The van der Waals surface area contributed by atoms with E-state index in [1.165, 1.54) is 11.0 Å². The SMILES string of the molecule is C[C@H]1[C@@H](c2cccc(C(F)(F)F)c2)OC(=O)N1Cc1nc(N2CCC2)ccc1C1=CC(C2CCC(C(=O)O)CC2)CC=C1Cl. The summed E-state index contributed by atoms with van der Waals surface area (Å²) >= 11 is 6.81. The second kappa shape index (κ2) is 12.1. The third kappa shape index (κ3) is 6.05.